The first-order valence-corrected chi connectivity index (χ1v) is 9.95. The van der Waals surface area contributed by atoms with Crippen molar-refractivity contribution in [3.63, 3.8) is 0 Å². The highest BCUT2D eigenvalue weighted by Crippen LogP contribution is 2.27. The van der Waals surface area contributed by atoms with E-state index in [9.17, 15) is 19.7 Å². The van der Waals surface area contributed by atoms with Crippen molar-refractivity contribution < 1.29 is 19.2 Å². The number of nitrogens with zero attached hydrogens (tertiary/aromatic N) is 1. The Morgan fingerprint density at radius 2 is 1.62 bits per heavy atom. The molecule has 0 radical (unpaired) electrons. The standard InChI is InChI=1S/C24H23N3O5/c1-15-12-13-18(14-16(15)2)25-24(29)19-8-4-5-9-20(19)26-23(28)17(3)32-22-11-7-6-10-21(22)27(30)31/h4-14,17H,1-3H3,(H,25,29)(H,26,28)/t17-/m1/s1. The van der Waals surface area contributed by atoms with Gasteiger partial charge in [0, 0.05) is 11.8 Å². The number of carbonyl (C=O) groups excluding carboxylic acids is 2. The van der Waals surface area contributed by atoms with Crippen LogP contribution in [0.3, 0.4) is 0 Å². The van der Waals surface area contributed by atoms with Gasteiger partial charge in [-0.25, -0.2) is 0 Å². The molecule has 0 fully saturated rings. The monoisotopic (exact) mass is 433 g/mol. The van der Waals surface area contributed by atoms with Crippen LogP contribution in [0.25, 0.3) is 0 Å². The van der Waals surface area contributed by atoms with Gasteiger partial charge in [-0.05, 0) is 62.2 Å². The third-order valence-corrected chi connectivity index (χ3v) is 4.93. The molecule has 164 valence electrons. The predicted octanol–water partition coefficient (Wildman–Crippen LogP) is 4.87. The zero-order valence-electron chi connectivity index (χ0n) is 17.9. The van der Waals surface area contributed by atoms with Gasteiger partial charge in [0.05, 0.1) is 16.2 Å². The molecule has 0 aromatic heterocycles. The van der Waals surface area contributed by atoms with E-state index >= 15 is 0 Å². The van der Waals surface area contributed by atoms with E-state index in [1.54, 1.807) is 30.3 Å². The minimum Gasteiger partial charge on any atom is -0.474 e. The van der Waals surface area contributed by atoms with Gasteiger partial charge >= 0.3 is 5.69 Å². The second kappa shape index (κ2) is 9.74. The van der Waals surface area contributed by atoms with Crippen molar-refractivity contribution in [2.75, 3.05) is 10.6 Å². The second-order valence-corrected chi connectivity index (χ2v) is 7.27. The Hall–Kier alpha value is -4.20. The lowest BCUT2D eigenvalue weighted by molar-refractivity contribution is -0.386. The zero-order chi connectivity index (χ0) is 23.3. The zero-order valence-corrected chi connectivity index (χ0v) is 17.9. The molecule has 0 aliphatic rings. The van der Waals surface area contributed by atoms with Gasteiger partial charge in [-0.1, -0.05) is 30.3 Å². The van der Waals surface area contributed by atoms with Crippen molar-refractivity contribution >= 4 is 28.9 Å². The van der Waals surface area contributed by atoms with E-state index in [1.807, 2.05) is 32.0 Å². The molecule has 32 heavy (non-hydrogen) atoms. The lowest BCUT2D eigenvalue weighted by atomic mass is 10.1. The minimum atomic E-state index is -1.04. The molecule has 1 atom stereocenters. The van der Waals surface area contributed by atoms with Gasteiger partial charge in [0.1, 0.15) is 0 Å². The van der Waals surface area contributed by atoms with Gasteiger partial charge in [-0.3, -0.25) is 19.7 Å². The topological polar surface area (TPSA) is 111 Å². The fourth-order valence-electron chi connectivity index (χ4n) is 2.99. The molecular formula is C24H23N3O5. The number of anilines is 2. The quantitative estimate of drug-likeness (QED) is 0.408. The van der Waals surface area contributed by atoms with Crippen molar-refractivity contribution in [1.82, 2.24) is 0 Å². The summed E-state index contributed by atoms with van der Waals surface area (Å²) in [6.07, 6.45) is -1.04. The summed E-state index contributed by atoms with van der Waals surface area (Å²) in [5, 5.41) is 16.7. The molecule has 3 rings (SSSR count). The van der Waals surface area contributed by atoms with E-state index < -0.39 is 16.9 Å². The summed E-state index contributed by atoms with van der Waals surface area (Å²) in [4.78, 5) is 36.1. The summed E-state index contributed by atoms with van der Waals surface area (Å²) in [5.74, 6) is -0.938. The van der Waals surface area contributed by atoms with E-state index in [0.717, 1.165) is 11.1 Å². The fourth-order valence-corrected chi connectivity index (χ4v) is 2.99. The van der Waals surface area contributed by atoms with Gasteiger partial charge in [-0.15, -0.1) is 0 Å². The number of hydrogen-bond donors (Lipinski definition) is 2. The maximum absolute atomic E-state index is 12.8. The number of benzene rings is 3. The maximum atomic E-state index is 12.8. The van der Waals surface area contributed by atoms with E-state index in [-0.39, 0.29) is 22.9 Å². The molecule has 0 saturated heterocycles. The summed E-state index contributed by atoms with van der Waals surface area (Å²) in [7, 11) is 0. The normalized spacial score (nSPS) is 11.3. The number of amides is 2. The smallest absolute Gasteiger partial charge is 0.310 e. The fraction of sp³-hybridized carbons (Fsp3) is 0.167. The molecule has 3 aromatic rings. The lowest BCUT2D eigenvalue weighted by Crippen LogP contribution is -2.31. The Labute approximate surface area is 185 Å². The van der Waals surface area contributed by atoms with Crippen molar-refractivity contribution in [1.29, 1.82) is 0 Å². The van der Waals surface area contributed by atoms with E-state index in [2.05, 4.69) is 10.6 Å². The molecule has 0 unspecified atom stereocenters. The first-order valence-electron chi connectivity index (χ1n) is 9.95. The summed E-state index contributed by atoms with van der Waals surface area (Å²) < 4.78 is 5.51. The number of para-hydroxylation sites is 3. The molecule has 2 N–H and O–H groups in total. The third kappa shape index (κ3) is 5.28. The molecule has 2 amide bonds. The molecule has 8 nitrogen and oxygen atoms in total. The van der Waals surface area contributed by atoms with Crippen LogP contribution in [-0.4, -0.2) is 22.8 Å². The van der Waals surface area contributed by atoms with Gasteiger partial charge in [-0.2, -0.15) is 0 Å². The SMILES string of the molecule is Cc1ccc(NC(=O)c2ccccc2NC(=O)[C@@H](C)Oc2ccccc2[N+](=O)[O-])cc1C. The molecule has 0 heterocycles. The Balaban J connectivity index is 1.74. The number of carbonyl (C=O) groups is 2. The minimum absolute atomic E-state index is 0.0130. The number of ether oxygens (including phenoxy) is 1. The highest BCUT2D eigenvalue weighted by molar-refractivity contribution is 6.10. The van der Waals surface area contributed by atoms with E-state index in [0.29, 0.717) is 11.4 Å². The van der Waals surface area contributed by atoms with Crippen molar-refractivity contribution in [2.24, 2.45) is 0 Å². The highest BCUT2D eigenvalue weighted by atomic mass is 16.6. The van der Waals surface area contributed by atoms with Crippen molar-refractivity contribution in [3.8, 4) is 5.75 Å². The van der Waals surface area contributed by atoms with Crippen LogP contribution >= 0.6 is 0 Å². The molecule has 8 heteroatoms. The van der Waals surface area contributed by atoms with Gasteiger partial charge in [0.2, 0.25) is 0 Å². The van der Waals surface area contributed by atoms with Crippen LogP contribution in [-0.2, 0) is 4.79 Å². The number of hydrogen-bond acceptors (Lipinski definition) is 5. The lowest BCUT2D eigenvalue weighted by Gasteiger charge is -2.16. The number of rotatable bonds is 7. The van der Waals surface area contributed by atoms with Gasteiger partial charge in [0.15, 0.2) is 11.9 Å². The van der Waals surface area contributed by atoms with E-state index in [1.165, 1.54) is 25.1 Å². The van der Waals surface area contributed by atoms with Gasteiger partial charge in [0.25, 0.3) is 11.8 Å². The predicted molar refractivity (Wildman–Crippen MR) is 122 cm³/mol. The Bertz CT molecular complexity index is 1180. The van der Waals surface area contributed by atoms with Crippen LogP contribution in [0.2, 0.25) is 0 Å². The van der Waals surface area contributed by atoms with Crippen molar-refractivity contribution in [3.05, 3.63) is 93.5 Å². The molecular weight excluding hydrogens is 410 g/mol. The molecule has 0 bridgehead atoms. The van der Waals surface area contributed by atoms with Gasteiger partial charge < -0.3 is 15.4 Å². The number of aryl methyl sites for hydroxylation is 2. The average Bonchev–Trinajstić information content (AvgIpc) is 2.76. The van der Waals surface area contributed by atoms with Crippen LogP contribution in [0.1, 0.15) is 28.4 Å². The summed E-state index contributed by atoms with van der Waals surface area (Å²) in [5.41, 5.74) is 3.15. The molecule has 0 saturated carbocycles. The molecule has 0 spiro atoms. The van der Waals surface area contributed by atoms with E-state index in [4.69, 9.17) is 4.74 Å². The van der Waals surface area contributed by atoms with Crippen LogP contribution in [0, 0.1) is 24.0 Å². The average molecular weight is 433 g/mol. The Morgan fingerprint density at radius 1 is 0.938 bits per heavy atom. The van der Waals surface area contributed by atoms with Crippen molar-refractivity contribution in [2.45, 2.75) is 26.9 Å². The number of nitro benzene ring substituents is 1. The largest absolute Gasteiger partial charge is 0.474 e. The van der Waals surface area contributed by atoms with Crippen LogP contribution in [0.4, 0.5) is 17.1 Å². The molecule has 0 aliphatic carbocycles. The summed E-state index contributed by atoms with van der Waals surface area (Å²) >= 11 is 0. The number of nitrogens with one attached hydrogen (secondary N) is 2. The molecule has 3 aromatic carbocycles. The summed E-state index contributed by atoms with van der Waals surface area (Å²) in [6, 6.07) is 18.0. The first-order chi connectivity index (χ1) is 15.3. The second-order valence-electron chi connectivity index (χ2n) is 7.27. The Morgan fingerprint density at radius 3 is 2.34 bits per heavy atom. The van der Waals surface area contributed by atoms with Crippen LogP contribution < -0.4 is 15.4 Å². The molecule has 0 aliphatic heterocycles. The maximum Gasteiger partial charge on any atom is 0.310 e. The first kappa shape index (κ1) is 22.5. The third-order valence-electron chi connectivity index (χ3n) is 4.93. The number of nitro groups is 1. The summed E-state index contributed by atoms with van der Waals surface area (Å²) in [6.45, 7) is 5.42. The highest BCUT2D eigenvalue weighted by Gasteiger charge is 2.22. The Kier molecular flexibility index (Phi) is 6.84. The van der Waals surface area contributed by atoms with Crippen LogP contribution in [0.5, 0.6) is 5.75 Å². The van der Waals surface area contributed by atoms with Crippen LogP contribution in [0.15, 0.2) is 66.7 Å².